The molecule has 1 amide bonds. The van der Waals surface area contributed by atoms with Gasteiger partial charge in [-0.2, -0.15) is 0 Å². The Balaban J connectivity index is 2.49. The number of carbonyl (C=O) groups is 1. The second kappa shape index (κ2) is 10.2. The van der Waals surface area contributed by atoms with Crippen LogP contribution in [0.1, 0.15) is 49.5 Å². The van der Waals surface area contributed by atoms with Gasteiger partial charge >= 0.3 is 0 Å². The van der Waals surface area contributed by atoms with Crippen LogP contribution >= 0.6 is 0 Å². The normalized spacial score (nSPS) is 20.5. The Kier molecular flexibility index (Phi) is 8.24. The fourth-order valence-electron chi connectivity index (χ4n) is 3.07. The van der Waals surface area contributed by atoms with Gasteiger partial charge in [0.15, 0.2) is 0 Å². The molecule has 1 aromatic heterocycles. The fraction of sp³-hybridized carbons (Fsp3) is 0.619. The standard InChI is InChI=1S/C21H31N3O5S/c1-6-7-8-9-17-10-18-20(22-11-17)29-19(13-23(4)30(5,27)28)15(2)12-24(21(18)26)16(3)14-25/h10-11,15-16,19,25H,6-7,12-14H2,1-5H3/t15-,16+,19+/m0/s1. The molecule has 1 aliphatic heterocycles. The van der Waals surface area contributed by atoms with Crippen LogP contribution in [0, 0.1) is 17.8 Å². The Morgan fingerprint density at radius 2 is 2.17 bits per heavy atom. The van der Waals surface area contributed by atoms with Crippen molar-refractivity contribution in [2.24, 2.45) is 5.92 Å². The average Bonchev–Trinajstić information content (AvgIpc) is 2.69. The largest absolute Gasteiger partial charge is 0.472 e. The first-order chi connectivity index (χ1) is 14.1. The van der Waals surface area contributed by atoms with Crippen molar-refractivity contribution < 1.29 is 23.1 Å². The highest BCUT2D eigenvalue weighted by atomic mass is 32.2. The highest BCUT2D eigenvalue weighted by Gasteiger charge is 2.35. The molecule has 9 heteroatoms. The zero-order chi connectivity index (χ0) is 22.5. The number of rotatable bonds is 6. The number of amides is 1. The van der Waals surface area contributed by atoms with Crippen molar-refractivity contribution in [3.8, 4) is 17.7 Å². The zero-order valence-electron chi connectivity index (χ0n) is 18.3. The van der Waals surface area contributed by atoms with Crippen molar-refractivity contribution in [1.29, 1.82) is 0 Å². The maximum atomic E-state index is 13.2. The van der Waals surface area contributed by atoms with Crippen LogP contribution in [0.5, 0.6) is 5.88 Å². The third kappa shape index (κ3) is 5.94. The lowest BCUT2D eigenvalue weighted by atomic mass is 10.0. The van der Waals surface area contributed by atoms with E-state index in [0.717, 1.165) is 19.1 Å². The number of aliphatic hydroxyl groups is 1. The highest BCUT2D eigenvalue weighted by Crippen LogP contribution is 2.27. The predicted molar refractivity (Wildman–Crippen MR) is 115 cm³/mol. The number of carbonyl (C=O) groups excluding carboxylic acids is 1. The minimum Gasteiger partial charge on any atom is -0.472 e. The molecule has 3 atom stereocenters. The third-order valence-corrected chi connectivity index (χ3v) is 6.41. The molecule has 0 radical (unpaired) electrons. The number of hydrogen-bond acceptors (Lipinski definition) is 6. The van der Waals surface area contributed by atoms with Crippen LogP contribution in [0.15, 0.2) is 12.3 Å². The summed E-state index contributed by atoms with van der Waals surface area (Å²) in [7, 11) is -1.90. The van der Waals surface area contributed by atoms with E-state index in [0.29, 0.717) is 12.1 Å². The van der Waals surface area contributed by atoms with Gasteiger partial charge in [-0.1, -0.05) is 25.7 Å². The summed E-state index contributed by atoms with van der Waals surface area (Å²) in [5.41, 5.74) is 0.867. The van der Waals surface area contributed by atoms with Crippen LogP contribution in [0.4, 0.5) is 0 Å². The molecule has 0 bridgehead atoms. The minimum atomic E-state index is -3.39. The maximum Gasteiger partial charge on any atom is 0.259 e. The number of likely N-dealkylation sites (N-methyl/N-ethyl adjacent to an activating group) is 1. The monoisotopic (exact) mass is 437 g/mol. The molecule has 0 saturated carbocycles. The van der Waals surface area contributed by atoms with E-state index in [-0.39, 0.29) is 36.4 Å². The van der Waals surface area contributed by atoms with Gasteiger partial charge in [-0.05, 0) is 19.4 Å². The number of unbranched alkanes of at least 4 members (excludes halogenated alkanes) is 1. The quantitative estimate of drug-likeness (QED) is 0.675. The fourth-order valence-corrected chi connectivity index (χ4v) is 3.48. The molecule has 0 fully saturated rings. The summed E-state index contributed by atoms with van der Waals surface area (Å²) in [6, 6.07) is 1.24. The van der Waals surface area contributed by atoms with E-state index in [1.807, 2.05) is 13.8 Å². The summed E-state index contributed by atoms with van der Waals surface area (Å²) in [5.74, 6) is 5.71. The second-order valence-electron chi connectivity index (χ2n) is 7.79. The number of hydrogen-bond donors (Lipinski definition) is 1. The molecule has 1 N–H and O–H groups in total. The van der Waals surface area contributed by atoms with Crippen LogP contribution in [0.3, 0.4) is 0 Å². The van der Waals surface area contributed by atoms with Crippen LogP contribution in [0.25, 0.3) is 0 Å². The number of fused-ring (bicyclic) bond motifs is 1. The van der Waals surface area contributed by atoms with Crippen molar-refractivity contribution in [1.82, 2.24) is 14.2 Å². The summed E-state index contributed by atoms with van der Waals surface area (Å²) < 4.78 is 31.1. The molecule has 0 saturated heterocycles. The van der Waals surface area contributed by atoms with E-state index in [1.165, 1.54) is 11.4 Å². The van der Waals surface area contributed by atoms with E-state index >= 15 is 0 Å². The first kappa shape index (κ1) is 24.1. The number of nitrogens with zero attached hydrogens (tertiary/aromatic N) is 3. The third-order valence-electron chi connectivity index (χ3n) is 5.13. The maximum absolute atomic E-state index is 13.2. The van der Waals surface area contributed by atoms with E-state index in [4.69, 9.17) is 4.74 Å². The molecule has 2 heterocycles. The van der Waals surface area contributed by atoms with Gasteiger partial charge in [0.1, 0.15) is 11.7 Å². The summed E-state index contributed by atoms with van der Waals surface area (Å²) in [6.45, 7) is 5.94. The van der Waals surface area contributed by atoms with Gasteiger partial charge in [0, 0.05) is 37.7 Å². The topological polar surface area (TPSA) is 100 Å². The van der Waals surface area contributed by atoms with E-state index in [1.54, 1.807) is 24.1 Å². The molecule has 1 aromatic rings. The molecule has 166 valence electrons. The first-order valence-electron chi connectivity index (χ1n) is 10.1. The predicted octanol–water partition coefficient (Wildman–Crippen LogP) is 1.34. The lowest BCUT2D eigenvalue weighted by Gasteiger charge is -2.37. The number of aliphatic hydroxyl groups excluding tert-OH is 1. The van der Waals surface area contributed by atoms with Crippen molar-refractivity contribution in [3.63, 3.8) is 0 Å². The van der Waals surface area contributed by atoms with Gasteiger partial charge in [-0.15, -0.1) is 0 Å². The Morgan fingerprint density at radius 1 is 1.47 bits per heavy atom. The van der Waals surface area contributed by atoms with Crippen LogP contribution < -0.4 is 4.74 Å². The van der Waals surface area contributed by atoms with Gasteiger partial charge in [0.2, 0.25) is 15.9 Å². The number of ether oxygens (including phenoxy) is 1. The smallest absolute Gasteiger partial charge is 0.259 e. The molecular weight excluding hydrogens is 406 g/mol. The second-order valence-corrected chi connectivity index (χ2v) is 9.88. The van der Waals surface area contributed by atoms with Gasteiger partial charge < -0.3 is 14.7 Å². The summed E-state index contributed by atoms with van der Waals surface area (Å²) >= 11 is 0. The van der Waals surface area contributed by atoms with Crippen LogP contribution in [-0.2, 0) is 10.0 Å². The van der Waals surface area contributed by atoms with Gasteiger partial charge in [0.25, 0.3) is 5.91 Å². The molecule has 2 rings (SSSR count). The van der Waals surface area contributed by atoms with E-state index < -0.39 is 22.2 Å². The average molecular weight is 438 g/mol. The minimum absolute atomic E-state index is 0.120. The van der Waals surface area contributed by atoms with Gasteiger partial charge in [0.05, 0.1) is 25.4 Å². The zero-order valence-corrected chi connectivity index (χ0v) is 19.1. The van der Waals surface area contributed by atoms with Crippen molar-refractivity contribution in [2.75, 3.05) is 33.0 Å². The molecule has 0 spiro atoms. The molecule has 1 aliphatic rings. The molecule has 8 nitrogen and oxygen atoms in total. The van der Waals surface area contributed by atoms with Crippen LogP contribution in [0.2, 0.25) is 0 Å². The van der Waals surface area contributed by atoms with Crippen LogP contribution in [-0.4, -0.2) is 78.8 Å². The molecule has 0 unspecified atom stereocenters. The van der Waals surface area contributed by atoms with Gasteiger partial charge in [-0.25, -0.2) is 17.7 Å². The molecule has 30 heavy (non-hydrogen) atoms. The van der Waals surface area contributed by atoms with E-state index in [2.05, 4.69) is 16.8 Å². The number of pyridine rings is 1. The molecular formula is C21H31N3O5S. The Hall–Kier alpha value is -2.15. The SMILES string of the molecule is CCCC#Cc1cnc2c(c1)C(=O)N([C@H](C)CO)C[C@H](C)[C@@H](CN(C)S(C)(=O)=O)O2. The van der Waals surface area contributed by atoms with Gasteiger partial charge in [-0.3, -0.25) is 4.79 Å². The summed E-state index contributed by atoms with van der Waals surface area (Å²) in [5, 5.41) is 9.67. The Labute approximate surface area is 179 Å². The number of sulfonamides is 1. The molecule has 0 aliphatic carbocycles. The number of aromatic nitrogens is 1. The lowest BCUT2D eigenvalue weighted by Crippen LogP contribution is -2.50. The van der Waals surface area contributed by atoms with E-state index in [9.17, 15) is 18.3 Å². The first-order valence-corrected chi connectivity index (χ1v) is 11.9. The summed E-state index contributed by atoms with van der Waals surface area (Å²) in [6.07, 6.45) is 3.85. The van der Waals surface area contributed by atoms with Crippen molar-refractivity contribution >= 4 is 15.9 Å². The van der Waals surface area contributed by atoms with Crippen molar-refractivity contribution in [2.45, 2.75) is 45.8 Å². The Bertz CT molecular complexity index is 922. The highest BCUT2D eigenvalue weighted by molar-refractivity contribution is 7.88. The van der Waals surface area contributed by atoms with Crippen molar-refractivity contribution in [3.05, 3.63) is 23.4 Å². The summed E-state index contributed by atoms with van der Waals surface area (Å²) in [4.78, 5) is 19.2. The molecule has 0 aromatic carbocycles. The Morgan fingerprint density at radius 3 is 2.77 bits per heavy atom. The lowest BCUT2D eigenvalue weighted by molar-refractivity contribution is 0.0373.